The van der Waals surface area contributed by atoms with E-state index in [2.05, 4.69) is 16.4 Å². The van der Waals surface area contributed by atoms with E-state index < -0.39 is 11.7 Å². The summed E-state index contributed by atoms with van der Waals surface area (Å²) in [5.74, 6) is 2.52. The monoisotopic (exact) mass is 201 g/mol. The van der Waals surface area contributed by atoms with Gasteiger partial charge in [-0.05, 0) is 12.1 Å². The van der Waals surface area contributed by atoms with Gasteiger partial charge in [0.15, 0.2) is 0 Å². The highest BCUT2D eigenvalue weighted by atomic mass is 28.1. The van der Waals surface area contributed by atoms with Gasteiger partial charge in [-0.15, -0.1) is 5.54 Å². The van der Waals surface area contributed by atoms with E-state index in [1.54, 1.807) is 0 Å². The maximum atomic E-state index is 12.1. The van der Waals surface area contributed by atoms with Gasteiger partial charge in [0.2, 0.25) is 0 Å². The molecule has 1 nitrogen and oxygen atoms in total. The molecule has 0 atom stereocenters. The second kappa shape index (κ2) is 3.62. The fourth-order valence-electron chi connectivity index (χ4n) is 0.803. The Morgan fingerprint density at radius 3 is 2.62 bits per heavy atom. The minimum atomic E-state index is -4.31. The molecule has 1 heterocycles. The van der Waals surface area contributed by atoms with Crippen molar-refractivity contribution in [3.63, 3.8) is 0 Å². The lowest BCUT2D eigenvalue weighted by atomic mass is 10.2. The van der Waals surface area contributed by atoms with E-state index in [1.165, 1.54) is 0 Å². The first-order valence-corrected chi connectivity index (χ1v) is 4.50. The highest BCUT2D eigenvalue weighted by Crippen LogP contribution is 2.28. The highest BCUT2D eigenvalue weighted by Gasteiger charge is 2.30. The van der Waals surface area contributed by atoms with Crippen LogP contribution in [0.15, 0.2) is 18.3 Å². The first kappa shape index (κ1) is 9.80. The first-order chi connectivity index (χ1) is 6.04. The molecule has 1 rings (SSSR count). The normalized spacial score (nSPS) is 10.7. The van der Waals surface area contributed by atoms with Gasteiger partial charge in [-0.1, -0.05) is 5.92 Å². The number of pyridine rings is 1. The summed E-state index contributed by atoms with van der Waals surface area (Å²) in [4.78, 5) is 3.69. The zero-order valence-corrected chi connectivity index (χ0v) is 8.81. The molecule has 0 amide bonds. The topological polar surface area (TPSA) is 12.9 Å². The van der Waals surface area contributed by atoms with Crippen molar-refractivity contribution in [2.45, 2.75) is 6.18 Å². The van der Waals surface area contributed by atoms with Crippen molar-refractivity contribution in [2.24, 2.45) is 0 Å². The van der Waals surface area contributed by atoms with E-state index in [0.717, 1.165) is 18.3 Å². The molecule has 0 spiro atoms. The fraction of sp³-hybridized carbons (Fsp3) is 0.125. The van der Waals surface area contributed by atoms with E-state index >= 15 is 0 Å². The zero-order chi connectivity index (χ0) is 9.90. The van der Waals surface area contributed by atoms with Gasteiger partial charge in [-0.3, -0.25) is 0 Å². The van der Waals surface area contributed by atoms with Crippen molar-refractivity contribution in [3.05, 3.63) is 29.6 Å². The zero-order valence-electron chi connectivity index (χ0n) is 6.81. The van der Waals surface area contributed by atoms with Gasteiger partial charge >= 0.3 is 6.18 Å². The molecule has 0 saturated carbocycles. The molecule has 0 radical (unpaired) electrons. The van der Waals surface area contributed by atoms with Crippen LogP contribution in [0.3, 0.4) is 0 Å². The molecule has 0 aromatic carbocycles. The standard InChI is InChI=1S/C8H6F3NSi/c9-8(10,11)6-1-3-12-7(5-6)2-4-13/h1,3,5H,13H3. The molecule has 1 aromatic rings. The summed E-state index contributed by atoms with van der Waals surface area (Å²) in [6, 6.07) is 1.88. The van der Waals surface area contributed by atoms with Crippen molar-refractivity contribution in [2.75, 3.05) is 0 Å². The number of hydrogen-bond acceptors (Lipinski definition) is 1. The van der Waals surface area contributed by atoms with Crippen LogP contribution >= 0.6 is 0 Å². The van der Waals surface area contributed by atoms with Crippen LogP contribution in [0.2, 0.25) is 0 Å². The summed E-state index contributed by atoms with van der Waals surface area (Å²) in [6.07, 6.45) is -3.20. The van der Waals surface area contributed by atoms with Gasteiger partial charge in [-0.25, -0.2) is 4.98 Å². The maximum Gasteiger partial charge on any atom is 0.416 e. The molecular formula is C8H6F3NSi. The third kappa shape index (κ3) is 2.59. The van der Waals surface area contributed by atoms with Crippen molar-refractivity contribution in [1.82, 2.24) is 4.98 Å². The molecule has 0 fully saturated rings. The van der Waals surface area contributed by atoms with Crippen LogP contribution in [0.25, 0.3) is 0 Å². The molecule has 0 unspecified atom stereocenters. The van der Waals surface area contributed by atoms with Crippen LogP contribution in [0.1, 0.15) is 11.3 Å². The van der Waals surface area contributed by atoms with Gasteiger partial charge < -0.3 is 0 Å². The van der Waals surface area contributed by atoms with Crippen LogP contribution < -0.4 is 0 Å². The van der Waals surface area contributed by atoms with Gasteiger partial charge in [-0.2, -0.15) is 13.2 Å². The average molecular weight is 201 g/mol. The number of halogens is 3. The summed E-state index contributed by atoms with van der Waals surface area (Å²) in [5.41, 5.74) is 2.09. The summed E-state index contributed by atoms with van der Waals surface area (Å²) in [5, 5.41) is 0. The predicted octanol–water partition coefficient (Wildman–Crippen LogP) is 0.775. The Hall–Kier alpha value is -1.28. The largest absolute Gasteiger partial charge is 0.416 e. The Balaban J connectivity index is 3.10. The SMILES string of the molecule is FC(F)(F)c1ccnc(C#C[SiH3])c1. The van der Waals surface area contributed by atoms with Crippen molar-refractivity contribution in [1.29, 1.82) is 0 Å². The lowest BCUT2D eigenvalue weighted by molar-refractivity contribution is -0.137. The van der Waals surface area contributed by atoms with E-state index in [1.807, 2.05) is 0 Å². The van der Waals surface area contributed by atoms with Crippen LogP contribution in [-0.4, -0.2) is 15.2 Å². The molecule has 5 heteroatoms. The van der Waals surface area contributed by atoms with E-state index in [-0.39, 0.29) is 5.69 Å². The minimum Gasteiger partial charge on any atom is -0.248 e. The molecule has 0 aliphatic rings. The van der Waals surface area contributed by atoms with Crippen molar-refractivity contribution < 1.29 is 13.2 Å². The Morgan fingerprint density at radius 1 is 1.38 bits per heavy atom. The number of rotatable bonds is 0. The molecule has 68 valence electrons. The first-order valence-electron chi connectivity index (χ1n) is 3.50. The van der Waals surface area contributed by atoms with E-state index in [9.17, 15) is 13.2 Å². The summed E-state index contributed by atoms with van der Waals surface area (Å²) in [7, 11) is 0.629. The Bertz CT molecular complexity index is 362. The Morgan fingerprint density at radius 2 is 2.08 bits per heavy atom. The number of nitrogens with zero attached hydrogens (tertiary/aromatic N) is 1. The molecule has 0 aliphatic heterocycles. The minimum absolute atomic E-state index is 0.171. The maximum absolute atomic E-state index is 12.1. The summed E-state index contributed by atoms with van der Waals surface area (Å²) >= 11 is 0. The fourth-order valence-corrected chi connectivity index (χ4v) is 1.06. The highest BCUT2D eigenvalue weighted by molar-refractivity contribution is 6.22. The van der Waals surface area contributed by atoms with Crippen molar-refractivity contribution >= 4 is 10.2 Å². The number of hydrogen-bond donors (Lipinski definition) is 0. The predicted molar refractivity (Wildman–Crippen MR) is 46.1 cm³/mol. The summed E-state index contributed by atoms with van der Waals surface area (Å²) in [6.45, 7) is 0. The van der Waals surface area contributed by atoms with E-state index in [4.69, 9.17) is 0 Å². The molecular weight excluding hydrogens is 195 g/mol. The van der Waals surface area contributed by atoms with Gasteiger partial charge in [0.25, 0.3) is 0 Å². The molecule has 0 bridgehead atoms. The van der Waals surface area contributed by atoms with Gasteiger partial charge in [0, 0.05) is 6.20 Å². The second-order valence-corrected chi connectivity index (χ2v) is 2.80. The lowest BCUT2D eigenvalue weighted by Crippen LogP contribution is -2.05. The molecule has 13 heavy (non-hydrogen) atoms. The molecule has 0 aliphatic carbocycles. The smallest absolute Gasteiger partial charge is 0.248 e. The number of aromatic nitrogens is 1. The Kier molecular flexibility index (Phi) is 2.73. The molecule has 1 aromatic heterocycles. The third-order valence-corrected chi connectivity index (χ3v) is 1.59. The third-order valence-electron chi connectivity index (χ3n) is 1.34. The van der Waals surface area contributed by atoms with Crippen LogP contribution in [-0.2, 0) is 6.18 Å². The summed E-state index contributed by atoms with van der Waals surface area (Å²) < 4.78 is 36.4. The molecule has 0 saturated heterocycles. The number of alkyl halides is 3. The van der Waals surface area contributed by atoms with Crippen LogP contribution in [0.5, 0.6) is 0 Å². The lowest BCUT2D eigenvalue weighted by Gasteiger charge is -2.05. The average Bonchev–Trinajstić information content (AvgIpc) is 2.04. The van der Waals surface area contributed by atoms with Crippen molar-refractivity contribution in [3.8, 4) is 11.5 Å². The van der Waals surface area contributed by atoms with Crippen LogP contribution in [0, 0.1) is 11.5 Å². The molecule has 0 N–H and O–H groups in total. The van der Waals surface area contributed by atoms with Crippen LogP contribution in [0.4, 0.5) is 13.2 Å². The Labute approximate surface area is 76.4 Å². The van der Waals surface area contributed by atoms with Gasteiger partial charge in [0.05, 0.1) is 15.8 Å². The van der Waals surface area contributed by atoms with Gasteiger partial charge in [0.1, 0.15) is 5.69 Å². The van der Waals surface area contributed by atoms with E-state index in [0.29, 0.717) is 10.2 Å². The second-order valence-electron chi connectivity index (χ2n) is 2.30. The quantitative estimate of drug-likeness (QED) is 0.446.